The molecule has 1 heterocycles. The summed E-state index contributed by atoms with van der Waals surface area (Å²) in [4.78, 5) is 12.1. The highest BCUT2D eigenvalue weighted by Crippen LogP contribution is 2.28. The van der Waals surface area contributed by atoms with E-state index in [1.54, 1.807) is 0 Å². The number of ether oxygens (including phenoxy) is 1. The molecule has 28 heavy (non-hydrogen) atoms. The summed E-state index contributed by atoms with van der Waals surface area (Å²) in [5.41, 5.74) is 2.30. The van der Waals surface area contributed by atoms with E-state index in [4.69, 9.17) is 9.15 Å². The first kappa shape index (κ1) is 20.7. The van der Waals surface area contributed by atoms with Gasteiger partial charge in [0.2, 0.25) is 5.91 Å². The molecule has 0 atom stereocenters. The van der Waals surface area contributed by atoms with Crippen LogP contribution in [0.1, 0.15) is 68.9 Å². The van der Waals surface area contributed by atoms with Gasteiger partial charge in [-0.3, -0.25) is 4.79 Å². The van der Waals surface area contributed by atoms with Crippen molar-refractivity contribution in [1.29, 1.82) is 0 Å². The third kappa shape index (κ3) is 5.99. The number of aromatic nitrogens is 2. The Balaban J connectivity index is 1.48. The van der Waals surface area contributed by atoms with Crippen molar-refractivity contribution in [2.75, 3.05) is 5.75 Å². The number of benzene rings is 1. The van der Waals surface area contributed by atoms with Gasteiger partial charge in [-0.25, -0.2) is 0 Å². The summed E-state index contributed by atoms with van der Waals surface area (Å²) in [5, 5.41) is 11.5. The zero-order chi connectivity index (χ0) is 19.9. The van der Waals surface area contributed by atoms with E-state index in [0.717, 1.165) is 29.7 Å². The van der Waals surface area contributed by atoms with E-state index in [0.29, 0.717) is 23.1 Å². The Morgan fingerprint density at radius 1 is 1.29 bits per heavy atom. The van der Waals surface area contributed by atoms with Gasteiger partial charge in [0, 0.05) is 6.04 Å². The Bertz CT molecular complexity index is 785. The molecule has 1 aliphatic rings. The smallest absolute Gasteiger partial charge is 0.277 e. The second-order valence-corrected chi connectivity index (χ2v) is 8.56. The van der Waals surface area contributed by atoms with Gasteiger partial charge in [0.1, 0.15) is 5.75 Å². The summed E-state index contributed by atoms with van der Waals surface area (Å²) < 4.78 is 11.5. The van der Waals surface area contributed by atoms with Crippen LogP contribution in [0.15, 0.2) is 27.8 Å². The van der Waals surface area contributed by atoms with Crippen molar-refractivity contribution in [3.63, 3.8) is 0 Å². The number of aryl methyl sites for hydroxylation is 1. The second kappa shape index (κ2) is 9.96. The van der Waals surface area contributed by atoms with Gasteiger partial charge >= 0.3 is 0 Å². The second-order valence-electron chi connectivity index (χ2n) is 7.64. The maximum atomic E-state index is 12.1. The molecule has 0 saturated heterocycles. The topological polar surface area (TPSA) is 77.2 Å². The molecular weight excluding hydrogens is 374 g/mol. The number of hydrogen-bond acceptors (Lipinski definition) is 6. The van der Waals surface area contributed by atoms with Crippen LogP contribution >= 0.6 is 11.8 Å². The molecule has 6 nitrogen and oxygen atoms in total. The Morgan fingerprint density at radius 3 is 2.82 bits per heavy atom. The number of carbonyl (C=O) groups is 1. The molecule has 1 aromatic heterocycles. The molecule has 0 bridgehead atoms. The SMILES string of the molecule is Cc1ccc(C(C)C)c(OCc2nnc(SCC(=O)NC3CCCCC3)o2)c1. The quantitative estimate of drug-likeness (QED) is 0.648. The summed E-state index contributed by atoms with van der Waals surface area (Å²) in [7, 11) is 0. The highest BCUT2D eigenvalue weighted by molar-refractivity contribution is 7.99. The largest absolute Gasteiger partial charge is 0.484 e. The summed E-state index contributed by atoms with van der Waals surface area (Å²) in [5.74, 6) is 1.93. The lowest BCUT2D eigenvalue weighted by Crippen LogP contribution is -2.37. The lowest BCUT2D eigenvalue weighted by atomic mass is 9.95. The highest BCUT2D eigenvalue weighted by atomic mass is 32.2. The third-order valence-electron chi connectivity index (χ3n) is 4.89. The Hall–Kier alpha value is -2.02. The molecule has 0 radical (unpaired) electrons. The van der Waals surface area contributed by atoms with Crippen LogP contribution in [0.5, 0.6) is 5.75 Å². The van der Waals surface area contributed by atoms with Crippen molar-refractivity contribution in [3.8, 4) is 5.75 Å². The van der Waals surface area contributed by atoms with Crippen LogP contribution in [0.3, 0.4) is 0 Å². The average Bonchev–Trinajstić information content (AvgIpc) is 3.13. The van der Waals surface area contributed by atoms with Crippen LogP contribution in [0, 0.1) is 6.92 Å². The van der Waals surface area contributed by atoms with Crippen LogP contribution < -0.4 is 10.1 Å². The minimum Gasteiger partial charge on any atom is -0.484 e. The molecule has 2 aromatic rings. The Kier molecular flexibility index (Phi) is 7.36. The molecule has 1 amide bonds. The summed E-state index contributed by atoms with van der Waals surface area (Å²) in [6, 6.07) is 6.52. The molecule has 1 aromatic carbocycles. The molecule has 1 N–H and O–H groups in total. The molecule has 152 valence electrons. The third-order valence-corrected chi connectivity index (χ3v) is 5.71. The van der Waals surface area contributed by atoms with Crippen molar-refractivity contribution < 1.29 is 13.9 Å². The fourth-order valence-corrected chi connectivity index (χ4v) is 3.97. The molecule has 7 heteroatoms. The van der Waals surface area contributed by atoms with E-state index in [1.807, 2.05) is 13.0 Å². The van der Waals surface area contributed by atoms with Crippen LogP contribution in [-0.2, 0) is 11.4 Å². The van der Waals surface area contributed by atoms with E-state index < -0.39 is 0 Å². The number of thioether (sulfide) groups is 1. The zero-order valence-electron chi connectivity index (χ0n) is 16.9. The number of nitrogens with zero attached hydrogens (tertiary/aromatic N) is 2. The molecular formula is C21H29N3O3S. The molecule has 1 fully saturated rings. The molecule has 0 unspecified atom stereocenters. The molecule has 0 spiro atoms. The van der Waals surface area contributed by atoms with Crippen molar-refractivity contribution in [2.45, 2.75) is 76.7 Å². The number of carbonyl (C=O) groups excluding carboxylic acids is 1. The number of rotatable bonds is 8. The monoisotopic (exact) mass is 403 g/mol. The van der Waals surface area contributed by atoms with Crippen LogP contribution in [0.2, 0.25) is 0 Å². The highest BCUT2D eigenvalue weighted by Gasteiger charge is 2.17. The molecule has 0 aliphatic heterocycles. The van der Waals surface area contributed by atoms with Crippen LogP contribution in [-0.4, -0.2) is 27.9 Å². The molecule has 1 saturated carbocycles. The van der Waals surface area contributed by atoms with Crippen molar-refractivity contribution in [1.82, 2.24) is 15.5 Å². The Labute approximate surface area is 170 Å². The van der Waals surface area contributed by atoms with Crippen LogP contribution in [0.4, 0.5) is 0 Å². The van der Waals surface area contributed by atoms with Crippen molar-refractivity contribution >= 4 is 17.7 Å². The minimum absolute atomic E-state index is 0.0224. The molecule has 1 aliphatic carbocycles. The number of amides is 1. The first-order chi connectivity index (χ1) is 13.5. The standard InChI is InChI=1S/C21H29N3O3S/c1-14(2)17-10-9-15(3)11-18(17)26-12-20-23-24-21(27-20)28-13-19(25)22-16-7-5-4-6-8-16/h9-11,14,16H,4-8,12-13H2,1-3H3,(H,22,25). The van der Waals surface area contributed by atoms with Gasteiger partial charge in [-0.2, -0.15) is 0 Å². The number of nitrogens with one attached hydrogen (secondary N) is 1. The maximum absolute atomic E-state index is 12.1. The zero-order valence-corrected chi connectivity index (χ0v) is 17.7. The average molecular weight is 404 g/mol. The predicted molar refractivity (Wildman–Crippen MR) is 110 cm³/mol. The summed E-state index contributed by atoms with van der Waals surface area (Å²) in [6.07, 6.45) is 5.83. The Morgan fingerprint density at radius 2 is 2.07 bits per heavy atom. The molecule has 3 rings (SSSR count). The fraction of sp³-hybridized carbons (Fsp3) is 0.571. The van der Waals surface area contributed by atoms with Gasteiger partial charge in [-0.1, -0.05) is 57.0 Å². The normalized spacial score (nSPS) is 15.0. The van der Waals surface area contributed by atoms with Crippen molar-refractivity contribution in [2.24, 2.45) is 0 Å². The van der Waals surface area contributed by atoms with Gasteiger partial charge in [0.15, 0.2) is 6.61 Å². The lowest BCUT2D eigenvalue weighted by molar-refractivity contribution is -0.119. The summed E-state index contributed by atoms with van der Waals surface area (Å²) >= 11 is 1.26. The minimum atomic E-state index is 0.0224. The van der Waals surface area contributed by atoms with Gasteiger partial charge in [-0.15, -0.1) is 10.2 Å². The fourth-order valence-electron chi connectivity index (χ4n) is 3.38. The van der Waals surface area contributed by atoms with Crippen LogP contribution in [0.25, 0.3) is 0 Å². The van der Waals surface area contributed by atoms with Gasteiger partial charge in [0.25, 0.3) is 11.1 Å². The van der Waals surface area contributed by atoms with Gasteiger partial charge < -0.3 is 14.5 Å². The lowest BCUT2D eigenvalue weighted by Gasteiger charge is -2.22. The maximum Gasteiger partial charge on any atom is 0.277 e. The van der Waals surface area contributed by atoms with Gasteiger partial charge in [0.05, 0.1) is 5.75 Å². The van der Waals surface area contributed by atoms with E-state index in [1.165, 1.54) is 31.0 Å². The van der Waals surface area contributed by atoms with E-state index >= 15 is 0 Å². The van der Waals surface area contributed by atoms with Crippen molar-refractivity contribution in [3.05, 3.63) is 35.2 Å². The van der Waals surface area contributed by atoms with E-state index in [9.17, 15) is 4.79 Å². The predicted octanol–water partition coefficient (Wildman–Crippen LogP) is 4.62. The first-order valence-corrected chi connectivity index (χ1v) is 11.0. The number of hydrogen-bond donors (Lipinski definition) is 1. The van der Waals surface area contributed by atoms with E-state index in [-0.39, 0.29) is 18.3 Å². The van der Waals surface area contributed by atoms with E-state index in [2.05, 4.69) is 41.5 Å². The van der Waals surface area contributed by atoms with Gasteiger partial charge in [-0.05, 0) is 42.9 Å². The first-order valence-electron chi connectivity index (χ1n) is 9.99. The summed E-state index contributed by atoms with van der Waals surface area (Å²) in [6.45, 7) is 6.52.